The fourth-order valence-electron chi connectivity index (χ4n) is 17.7. The quantitative estimate of drug-likeness (QED) is 0.0379. The molecule has 16 atom stereocenters. The number of nitrogens with one attached hydrogen (secondary N) is 1. The molecule has 10 heteroatoms. The second kappa shape index (κ2) is 27.0. The van der Waals surface area contributed by atoms with Crippen molar-refractivity contribution in [3.05, 3.63) is 227 Å². The highest BCUT2D eigenvalue weighted by Crippen LogP contribution is 2.75. The predicted molar refractivity (Wildman–Crippen MR) is 344 cm³/mol. The molecule has 12 rings (SSSR count). The number of carbonyl (C=O) groups is 1. The van der Waals surface area contributed by atoms with E-state index in [2.05, 4.69) is 175 Å². The molecule has 0 aromatic heterocycles. The van der Waals surface area contributed by atoms with E-state index in [1.165, 1.54) is 11.1 Å². The molecule has 10 nitrogen and oxygen atoms in total. The van der Waals surface area contributed by atoms with Gasteiger partial charge in [0.15, 0.2) is 6.29 Å². The van der Waals surface area contributed by atoms with Crippen LogP contribution in [0, 0.1) is 56.7 Å². The maximum atomic E-state index is 15.3. The molecule has 0 radical (unpaired) electrons. The molecule has 3 saturated carbocycles. The smallest absolute Gasteiger partial charge is 0.310 e. The molecule has 4 aliphatic carbocycles. The standard InChI is InChI=1S/C78H95NO9/c1-54(2)55(3)74(4)42-43-76(6)62-38-39-66-75(5)52-82-53-78(66,63(62)40-41-77(76,7)70(74)72(80)86-50-61-36-24-13-25-37-61)44-64(79-45-56-26-14-8-15-27-56)71(75)88-73-69(85-49-60-34-22-12-23-35-60)68(84-48-59-32-20-11-21-33-59)67(83-47-58-30-18-10-19-31-58)65(87-73)51-81-46-57-28-16-9-17-29-57/h8-37,40,54-55,62,64-71,73,79H,38-39,41-53H2,1-7H3/t55-,62+,64-,65?,66+,67+,68+,69?,70-,71+,73+,74-,75-,76-,77+,78+/m1/s1. The molecule has 1 N–H and O–H groups in total. The van der Waals surface area contributed by atoms with Crippen LogP contribution in [0.5, 0.6) is 0 Å². The molecular weight excluding hydrogens is 1090 g/mol. The van der Waals surface area contributed by atoms with Crippen LogP contribution in [0.3, 0.4) is 0 Å². The van der Waals surface area contributed by atoms with Gasteiger partial charge in [0, 0.05) is 23.4 Å². The summed E-state index contributed by atoms with van der Waals surface area (Å²) in [6.07, 6.45) is 4.40. The summed E-state index contributed by atoms with van der Waals surface area (Å²) in [4.78, 5) is 15.3. The first-order chi connectivity index (χ1) is 42.7. The van der Waals surface area contributed by atoms with Crippen LogP contribution < -0.4 is 5.32 Å². The Balaban J connectivity index is 0.923. The van der Waals surface area contributed by atoms with E-state index < -0.39 is 36.1 Å². The highest BCUT2D eigenvalue weighted by molar-refractivity contribution is 5.75. The number of fused-ring (bicyclic) bond motifs is 3. The second-order valence-electron chi connectivity index (χ2n) is 28.2. The Kier molecular flexibility index (Phi) is 19.1. The molecule has 2 aliphatic heterocycles. The number of allylic oxidation sites excluding steroid dienone is 1. The van der Waals surface area contributed by atoms with Crippen LogP contribution in [0.15, 0.2) is 194 Å². The molecule has 0 spiro atoms. The highest BCUT2D eigenvalue weighted by Gasteiger charge is 2.72. The summed E-state index contributed by atoms with van der Waals surface area (Å²) in [7, 11) is 0. The normalized spacial score (nSPS) is 33.7. The Morgan fingerprint density at radius 2 is 1.09 bits per heavy atom. The third-order valence-electron chi connectivity index (χ3n) is 22.9. The summed E-state index contributed by atoms with van der Waals surface area (Å²) in [5.41, 5.74) is 6.41. The van der Waals surface area contributed by atoms with Crippen molar-refractivity contribution in [3.8, 4) is 0 Å². The third kappa shape index (κ3) is 12.4. The zero-order valence-corrected chi connectivity index (χ0v) is 53.1. The SMILES string of the molecule is CC(C)[C@@H](C)[C@@]1(C)CC[C@]2(C)[C@H]3CC[C@@H]4[C@@]5(COC[C@@]4(C)[C@@H](O[C@@H]4OC(COCc6ccccc6)[C@H](OCc6ccccc6)[C@H](OCc6ccccc6)C4OCc4ccccc4)[C@H](NCc4ccccc4)C5)C3=CC[C@@]2(C)[C@@H]1C(=O)OCc1ccccc1. The Labute approximate surface area is 524 Å². The summed E-state index contributed by atoms with van der Waals surface area (Å²) >= 11 is 0. The molecule has 2 saturated heterocycles. The Hall–Kier alpha value is -5.79. The van der Waals surface area contributed by atoms with Crippen molar-refractivity contribution in [1.82, 2.24) is 5.32 Å². The van der Waals surface area contributed by atoms with Gasteiger partial charge >= 0.3 is 5.97 Å². The van der Waals surface area contributed by atoms with E-state index >= 15 is 4.79 Å². The number of rotatable bonds is 23. The van der Waals surface area contributed by atoms with Crippen molar-refractivity contribution in [1.29, 1.82) is 0 Å². The molecule has 0 amide bonds. The molecule has 6 aromatic carbocycles. The lowest BCUT2D eigenvalue weighted by Gasteiger charge is -2.71. The summed E-state index contributed by atoms with van der Waals surface area (Å²) in [5.74, 6) is 0.883. The van der Waals surface area contributed by atoms with Gasteiger partial charge in [-0.1, -0.05) is 242 Å². The van der Waals surface area contributed by atoms with Crippen molar-refractivity contribution in [2.24, 2.45) is 56.7 Å². The molecule has 6 aliphatic rings. The largest absolute Gasteiger partial charge is 0.461 e. The topological polar surface area (TPSA) is 103 Å². The lowest BCUT2D eigenvalue weighted by molar-refractivity contribution is -0.357. The minimum absolute atomic E-state index is 0.0462. The average molecular weight is 1190 g/mol. The average Bonchev–Trinajstić information content (AvgIpc) is 0.680. The van der Waals surface area contributed by atoms with Crippen LogP contribution >= 0.6 is 0 Å². The number of esters is 1. The van der Waals surface area contributed by atoms with Crippen molar-refractivity contribution in [2.45, 2.75) is 169 Å². The van der Waals surface area contributed by atoms with E-state index in [-0.39, 0.29) is 70.7 Å². The molecule has 6 aromatic rings. The van der Waals surface area contributed by atoms with E-state index in [4.69, 9.17) is 37.9 Å². The van der Waals surface area contributed by atoms with Crippen LogP contribution in [-0.4, -0.2) is 68.6 Å². The van der Waals surface area contributed by atoms with Crippen molar-refractivity contribution < 1.29 is 42.7 Å². The Morgan fingerprint density at radius 3 is 1.65 bits per heavy atom. The van der Waals surface area contributed by atoms with Gasteiger partial charge in [-0.05, 0) is 112 Å². The summed E-state index contributed by atoms with van der Waals surface area (Å²) in [6.45, 7) is 20.6. The van der Waals surface area contributed by atoms with Gasteiger partial charge in [0.1, 0.15) is 31.0 Å². The minimum atomic E-state index is -0.906. The zero-order valence-electron chi connectivity index (χ0n) is 53.1. The summed E-state index contributed by atoms with van der Waals surface area (Å²) < 4.78 is 57.7. The van der Waals surface area contributed by atoms with Crippen molar-refractivity contribution in [3.63, 3.8) is 0 Å². The Morgan fingerprint density at radius 1 is 0.580 bits per heavy atom. The molecule has 2 heterocycles. The first kappa shape index (κ1) is 62.4. The first-order valence-electron chi connectivity index (χ1n) is 32.9. The van der Waals surface area contributed by atoms with Gasteiger partial charge in [-0.25, -0.2) is 0 Å². The number of ether oxygens (including phenoxy) is 8. The van der Waals surface area contributed by atoms with Crippen LogP contribution in [0.2, 0.25) is 0 Å². The number of hydrogen-bond acceptors (Lipinski definition) is 10. The van der Waals surface area contributed by atoms with Gasteiger partial charge in [-0.3, -0.25) is 4.79 Å². The van der Waals surface area contributed by atoms with E-state index in [1.807, 2.05) is 66.7 Å². The molecule has 5 fully saturated rings. The molecule has 466 valence electrons. The number of benzene rings is 6. The Bertz CT molecular complexity index is 3230. The fraction of sp³-hybridized carbons (Fsp3) is 0.500. The molecule has 88 heavy (non-hydrogen) atoms. The van der Waals surface area contributed by atoms with Crippen LogP contribution in [0.25, 0.3) is 0 Å². The fourth-order valence-corrected chi connectivity index (χ4v) is 17.7. The molecular formula is C78H95NO9. The zero-order chi connectivity index (χ0) is 60.9. The lowest BCUT2D eigenvalue weighted by atomic mass is 9.34. The number of hydrogen-bond donors (Lipinski definition) is 1. The van der Waals surface area contributed by atoms with Crippen LogP contribution in [0.1, 0.15) is 120 Å². The van der Waals surface area contributed by atoms with E-state index in [0.717, 1.165) is 66.3 Å². The number of carbonyl (C=O) groups excluding carboxylic acids is 1. The summed E-state index contributed by atoms with van der Waals surface area (Å²) in [5, 5.41) is 4.21. The van der Waals surface area contributed by atoms with Gasteiger partial charge in [-0.2, -0.15) is 0 Å². The maximum absolute atomic E-state index is 15.3. The minimum Gasteiger partial charge on any atom is -0.461 e. The van der Waals surface area contributed by atoms with Crippen molar-refractivity contribution >= 4 is 5.97 Å². The van der Waals surface area contributed by atoms with E-state index in [9.17, 15) is 0 Å². The summed E-state index contributed by atoms with van der Waals surface area (Å²) in [6, 6.07) is 62.1. The second-order valence-corrected chi connectivity index (χ2v) is 28.2. The van der Waals surface area contributed by atoms with Crippen LogP contribution in [0.4, 0.5) is 0 Å². The van der Waals surface area contributed by atoms with E-state index in [0.29, 0.717) is 58.0 Å². The van der Waals surface area contributed by atoms with Gasteiger partial charge in [0.05, 0.1) is 58.3 Å². The van der Waals surface area contributed by atoms with Gasteiger partial charge in [0.2, 0.25) is 0 Å². The predicted octanol–water partition coefficient (Wildman–Crippen LogP) is 15.5. The maximum Gasteiger partial charge on any atom is 0.310 e. The monoisotopic (exact) mass is 1190 g/mol. The van der Waals surface area contributed by atoms with Gasteiger partial charge < -0.3 is 43.2 Å². The third-order valence-corrected chi connectivity index (χ3v) is 22.9. The van der Waals surface area contributed by atoms with Gasteiger partial charge in [-0.15, -0.1) is 0 Å². The van der Waals surface area contributed by atoms with E-state index in [1.54, 1.807) is 0 Å². The molecule has 2 bridgehead atoms. The lowest BCUT2D eigenvalue weighted by Crippen LogP contribution is -2.72. The van der Waals surface area contributed by atoms with Gasteiger partial charge in [0.25, 0.3) is 0 Å². The van der Waals surface area contributed by atoms with Crippen LogP contribution in [-0.2, 0) is 82.3 Å². The highest BCUT2D eigenvalue weighted by atomic mass is 16.7. The molecule has 2 unspecified atom stereocenters. The van der Waals surface area contributed by atoms with Crippen molar-refractivity contribution in [2.75, 3.05) is 19.8 Å². The first-order valence-corrected chi connectivity index (χ1v) is 32.9.